The number of phenols is 4. The molecule has 0 radical (unpaired) electrons. The van der Waals surface area contributed by atoms with Gasteiger partial charge in [0.05, 0.1) is 13.7 Å². The van der Waals surface area contributed by atoms with Gasteiger partial charge >= 0.3 is 5.97 Å². The van der Waals surface area contributed by atoms with Gasteiger partial charge in [-0.1, -0.05) is 6.07 Å². The Balaban J connectivity index is 1.80. The molecular formula is C19H20O7. The Morgan fingerprint density at radius 1 is 1.04 bits per heavy atom. The highest BCUT2D eigenvalue weighted by Gasteiger charge is 2.09. The van der Waals surface area contributed by atoms with E-state index in [1.165, 1.54) is 37.5 Å². The first kappa shape index (κ1) is 19.0. The van der Waals surface area contributed by atoms with Crippen molar-refractivity contribution in [2.24, 2.45) is 0 Å². The van der Waals surface area contributed by atoms with Crippen LogP contribution in [0, 0.1) is 0 Å². The molecule has 0 aliphatic carbocycles. The Morgan fingerprint density at radius 2 is 1.81 bits per heavy atom. The van der Waals surface area contributed by atoms with Crippen LogP contribution in [-0.4, -0.2) is 40.1 Å². The van der Waals surface area contributed by atoms with E-state index in [0.29, 0.717) is 18.4 Å². The molecule has 4 N–H and O–H groups in total. The van der Waals surface area contributed by atoms with Gasteiger partial charge in [-0.05, 0) is 54.3 Å². The Bertz CT molecular complexity index is 812. The standard InChI is InChI=1S/C19H20O7/c1-25-17-11-13(10-16(22)19(17)24)3-2-8-26-18(23)7-5-12-4-6-14(20)15(21)9-12/h4-7,9-11,20-22,24H,2-3,8H2,1H3. The molecule has 138 valence electrons. The van der Waals surface area contributed by atoms with Crippen molar-refractivity contribution in [3.8, 4) is 28.7 Å². The number of carbonyl (C=O) groups excluding carboxylic acids is 1. The van der Waals surface area contributed by atoms with Gasteiger partial charge in [0.2, 0.25) is 5.75 Å². The lowest BCUT2D eigenvalue weighted by molar-refractivity contribution is -0.137. The number of hydrogen-bond donors (Lipinski definition) is 4. The van der Waals surface area contributed by atoms with Crippen LogP contribution in [0.1, 0.15) is 17.5 Å². The summed E-state index contributed by atoms with van der Waals surface area (Å²) in [5.74, 6) is -1.44. The van der Waals surface area contributed by atoms with Crippen LogP contribution in [0.2, 0.25) is 0 Å². The number of aryl methyl sites for hydroxylation is 1. The lowest BCUT2D eigenvalue weighted by Crippen LogP contribution is -2.03. The zero-order valence-electron chi connectivity index (χ0n) is 14.2. The molecule has 26 heavy (non-hydrogen) atoms. The molecule has 0 heterocycles. The molecular weight excluding hydrogens is 340 g/mol. The highest BCUT2D eigenvalue weighted by atomic mass is 16.5. The van der Waals surface area contributed by atoms with E-state index < -0.39 is 5.97 Å². The normalized spacial score (nSPS) is 10.8. The third kappa shape index (κ3) is 5.07. The van der Waals surface area contributed by atoms with E-state index in [9.17, 15) is 25.2 Å². The van der Waals surface area contributed by atoms with Crippen molar-refractivity contribution < 1.29 is 34.7 Å². The highest BCUT2D eigenvalue weighted by molar-refractivity contribution is 5.87. The summed E-state index contributed by atoms with van der Waals surface area (Å²) in [6, 6.07) is 7.22. The van der Waals surface area contributed by atoms with Crippen molar-refractivity contribution >= 4 is 12.0 Å². The molecule has 0 aliphatic heterocycles. The number of phenolic OH excluding ortho intramolecular Hbond substituents is 4. The number of aromatic hydroxyl groups is 4. The van der Waals surface area contributed by atoms with Crippen LogP contribution in [0.4, 0.5) is 0 Å². The van der Waals surface area contributed by atoms with Gasteiger partial charge in [-0.2, -0.15) is 0 Å². The minimum atomic E-state index is -0.538. The van der Waals surface area contributed by atoms with E-state index in [2.05, 4.69) is 0 Å². The molecule has 0 bridgehead atoms. The first-order valence-corrected chi connectivity index (χ1v) is 7.86. The van der Waals surface area contributed by atoms with Gasteiger partial charge in [0.15, 0.2) is 23.0 Å². The topological polar surface area (TPSA) is 116 Å². The Labute approximate surface area is 150 Å². The van der Waals surface area contributed by atoms with Gasteiger partial charge in [-0.3, -0.25) is 0 Å². The van der Waals surface area contributed by atoms with Gasteiger partial charge in [-0.25, -0.2) is 4.79 Å². The molecule has 0 atom stereocenters. The molecule has 0 saturated heterocycles. The van der Waals surface area contributed by atoms with E-state index in [4.69, 9.17) is 9.47 Å². The van der Waals surface area contributed by atoms with E-state index in [1.807, 2.05) is 0 Å². The van der Waals surface area contributed by atoms with E-state index >= 15 is 0 Å². The average Bonchev–Trinajstić information content (AvgIpc) is 2.62. The van der Waals surface area contributed by atoms with Crippen molar-refractivity contribution in [3.05, 3.63) is 47.5 Å². The molecule has 0 aliphatic rings. The quantitative estimate of drug-likeness (QED) is 0.260. The highest BCUT2D eigenvalue weighted by Crippen LogP contribution is 2.36. The van der Waals surface area contributed by atoms with Gasteiger partial charge < -0.3 is 29.9 Å². The summed E-state index contributed by atoms with van der Waals surface area (Å²) in [7, 11) is 1.39. The van der Waals surface area contributed by atoms with Crippen molar-refractivity contribution in [2.45, 2.75) is 12.8 Å². The van der Waals surface area contributed by atoms with Crippen LogP contribution in [-0.2, 0) is 16.0 Å². The Hall–Kier alpha value is -3.35. The number of carbonyl (C=O) groups is 1. The number of methoxy groups -OCH3 is 1. The van der Waals surface area contributed by atoms with Gasteiger partial charge in [-0.15, -0.1) is 0 Å². The first-order chi connectivity index (χ1) is 12.4. The van der Waals surface area contributed by atoms with Gasteiger partial charge in [0.1, 0.15) is 0 Å². The summed E-state index contributed by atoms with van der Waals surface area (Å²) < 4.78 is 10.0. The first-order valence-electron chi connectivity index (χ1n) is 7.86. The number of benzene rings is 2. The molecule has 0 saturated carbocycles. The predicted octanol–water partition coefficient (Wildman–Crippen LogP) is 2.71. The van der Waals surface area contributed by atoms with E-state index in [-0.39, 0.29) is 35.4 Å². The van der Waals surface area contributed by atoms with Crippen molar-refractivity contribution in [1.82, 2.24) is 0 Å². The maximum Gasteiger partial charge on any atom is 0.330 e. The summed E-state index contributed by atoms with van der Waals surface area (Å²) in [4.78, 5) is 11.7. The third-order valence-electron chi connectivity index (χ3n) is 3.60. The summed E-state index contributed by atoms with van der Waals surface area (Å²) in [5, 5.41) is 37.8. The van der Waals surface area contributed by atoms with Crippen LogP contribution in [0.5, 0.6) is 28.7 Å². The zero-order valence-corrected chi connectivity index (χ0v) is 14.2. The summed E-state index contributed by atoms with van der Waals surface area (Å²) in [6.07, 6.45) is 3.73. The molecule has 0 aromatic heterocycles. The Kier molecular flexibility index (Phi) is 6.32. The second-order valence-electron chi connectivity index (χ2n) is 5.52. The largest absolute Gasteiger partial charge is 0.504 e. The van der Waals surface area contributed by atoms with Crippen LogP contribution in [0.3, 0.4) is 0 Å². The smallest absolute Gasteiger partial charge is 0.330 e. The molecule has 2 aromatic rings. The fourth-order valence-corrected chi connectivity index (χ4v) is 2.25. The lowest BCUT2D eigenvalue weighted by Gasteiger charge is -2.08. The summed E-state index contributed by atoms with van der Waals surface area (Å²) >= 11 is 0. The van der Waals surface area contributed by atoms with Crippen LogP contribution in [0.25, 0.3) is 6.08 Å². The average molecular weight is 360 g/mol. The molecule has 0 spiro atoms. The molecule has 0 fully saturated rings. The minimum Gasteiger partial charge on any atom is -0.504 e. The number of hydrogen-bond acceptors (Lipinski definition) is 7. The molecule has 2 rings (SSSR count). The molecule has 7 nitrogen and oxygen atoms in total. The van der Waals surface area contributed by atoms with Crippen molar-refractivity contribution in [1.29, 1.82) is 0 Å². The SMILES string of the molecule is COc1cc(CCCOC(=O)C=Cc2ccc(O)c(O)c2)cc(O)c1O. The molecule has 7 heteroatoms. The van der Waals surface area contributed by atoms with Crippen LogP contribution < -0.4 is 4.74 Å². The second-order valence-corrected chi connectivity index (χ2v) is 5.52. The minimum absolute atomic E-state index is 0.175. The summed E-state index contributed by atoms with van der Waals surface area (Å²) in [6.45, 7) is 0.175. The number of esters is 1. The molecule has 0 amide bonds. The van der Waals surface area contributed by atoms with Crippen LogP contribution >= 0.6 is 0 Å². The van der Waals surface area contributed by atoms with Gasteiger partial charge in [0, 0.05) is 6.08 Å². The molecule has 0 unspecified atom stereocenters. The predicted molar refractivity (Wildman–Crippen MR) is 94.4 cm³/mol. The summed E-state index contributed by atoms with van der Waals surface area (Å²) in [5.41, 5.74) is 1.28. The Morgan fingerprint density at radius 3 is 2.50 bits per heavy atom. The monoisotopic (exact) mass is 360 g/mol. The maximum atomic E-state index is 11.7. The number of ether oxygens (including phenoxy) is 2. The molecule has 2 aromatic carbocycles. The fraction of sp³-hybridized carbons (Fsp3) is 0.211. The van der Waals surface area contributed by atoms with Crippen LogP contribution in [0.15, 0.2) is 36.4 Å². The fourth-order valence-electron chi connectivity index (χ4n) is 2.25. The lowest BCUT2D eigenvalue weighted by atomic mass is 10.1. The number of rotatable bonds is 7. The van der Waals surface area contributed by atoms with E-state index in [1.54, 1.807) is 12.1 Å². The van der Waals surface area contributed by atoms with E-state index in [0.717, 1.165) is 5.56 Å². The maximum absolute atomic E-state index is 11.7. The third-order valence-corrected chi connectivity index (χ3v) is 3.60. The van der Waals surface area contributed by atoms with Gasteiger partial charge in [0.25, 0.3) is 0 Å². The van der Waals surface area contributed by atoms with Crippen molar-refractivity contribution in [3.63, 3.8) is 0 Å². The zero-order chi connectivity index (χ0) is 19.1. The second kappa shape index (κ2) is 8.66. The van der Waals surface area contributed by atoms with Crippen molar-refractivity contribution in [2.75, 3.05) is 13.7 Å².